The average Bonchev–Trinajstić information content (AvgIpc) is 3.67. The largest absolute Gasteiger partial charge is 0.508 e. The maximum atomic E-state index is 13.6. The van der Waals surface area contributed by atoms with E-state index in [0.29, 0.717) is 37.1 Å². The first-order valence-corrected chi connectivity index (χ1v) is 18.0. The molecule has 1 aromatic heterocycles. The Bertz CT molecular complexity index is 1640. The number of benzene rings is 1. The minimum absolute atomic E-state index is 0.0213. The van der Waals surface area contributed by atoms with Crippen LogP contribution in [0, 0.1) is 5.92 Å². The summed E-state index contributed by atoms with van der Waals surface area (Å²) >= 11 is 0. The molecular weight excluding hydrogens is 734 g/mol. The number of phenols is 1. The van der Waals surface area contributed by atoms with Crippen LogP contribution in [0.3, 0.4) is 0 Å². The number of aliphatic carboxylic acids is 1. The zero-order valence-corrected chi connectivity index (χ0v) is 31.6. The van der Waals surface area contributed by atoms with Crippen LogP contribution in [-0.4, -0.2) is 124 Å². The number of unbranched alkanes of at least 4 members (excludes halogenated alkanes) is 1. The lowest BCUT2D eigenvalue weighted by atomic mass is 10.0. The van der Waals surface area contributed by atoms with Gasteiger partial charge in [-0.3, -0.25) is 38.4 Å². The molecule has 21 heteroatoms. The fourth-order valence-electron chi connectivity index (χ4n) is 4.99. The molecule has 1 aromatic carbocycles. The first kappa shape index (κ1) is 46.1. The van der Waals surface area contributed by atoms with Gasteiger partial charge in [-0.05, 0) is 49.9 Å². The van der Waals surface area contributed by atoms with Crippen molar-refractivity contribution in [1.82, 2.24) is 47.2 Å². The van der Waals surface area contributed by atoms with Gasteiger partial charge in [-0.2, -0.15) is 0 Å². The lowest BCUT2D eigenvalue weighted by Gasteiger charge is -2.24. The summed E-state index contributed by atoms with van der Waals surface area (Å²) in [5.41, 5.74) is 12.6. The monoisotopic (exact) mass is 787 g/mol. The molecule has 2 aromatic rings. The molecule has 0 radical (unpaired) electrons. The van der Waals surface area contributed by atoms with Gasteiger partial charge in [0.15, 0.2) is 0 Å². The number of nitrogens with zero attached hydrogens (tertiary/aromatic N) is 1. The van der Waals surface area contributed by atoms with E-state index >= 15 is 0 Å². The molecule has 308 valence electrons. The van der Waals surface area contributed by atoms with E-state index in [0.717, 1.165) is 0 Å². The van der Waals surface area contributed by atoms with Crippen molar-refractivity contribution in [1.29, 1.82) is 0 Å². The Kier molecular flexibility index (Phi) is 19.4. The third-order valence-electron chi connectivity index (χ3n) is 8.24. The molecule has 0 saturated carbocycles. The number of imidazole rings is 1. The van der Waals surface area contributed by atoms with Gasteiger partial charge in [0.2, 0.25) is 41.4 Å². The van der Waals surface area contributed by atoms with Crippen LogP contribution in [0.2, 0.25) is 0 Å². The van der Waals surface area contributed by atoms with Gasteiger partial charge in [0, 0.05) is 24.7 Å². The maximum absolute atomic E-state index is 13.6. The first-order chi connectivity index (χ1) is 26.5. The van der Waals surface area contributed by atoms with Crippen LogP contribution in [0.1, 0.15) is 51.3 Å². The fraction of sp³-hybridized carbons (Fsp3) is 0.514. The zero-order chi connectivity index (χ0) is 41.8. The van der Waals surface area contributed by atoms with Gasteiger partial charge < -0.3 is 63.9 Å². The van der Waals surface area contributed by atoms with Gasteiger partial charge in [0.05, 0.1) is 32.0 Å². The molecule has 5 atom stereocenters. The second-order valence-corrected chi connectivity index (χ2v) is 13.3. The normalized spacial score (nSPS) is 13.5. The van der Waals surface area contributed by atoms with Crippen molar-refractivity contribution in [3.05, 3.63) is 48.0 Å². The molecule has 21 nitrogen and oxygen atoms in total. The van der Waals surface area contributed by atoms with Crippen molar-refractivity contribution in [2.24, 2.45) is 17.4 Å². The van der Waals surface area contributed by atoms with Crippen LogP contribution in [0.4, 0.5) is 0 Å². The predicted molar refractivity (Wildman–Crippen MR) is 200 cm³/mol. The third kappa shape index (κ3) is 16.9. The number of H-pyrrole nitrogens is 1. The van der Waals surface area contributed by atoms with Gasteiger partial charge in [-0.25, -0.2) is 4.98 Å². The molecule has 0 fully saturated rings. The summed E-state index contributed by atoms with van der Waals surface area (Å²) in [5, 5.41) is 35.7. The highest BCUT2D eigenvalue weighted by atomic mass is 16.4. The van der Waals surface area contributed by atoms with E-state index in [1.807, 2.05) is 0 Å². The number of hydrogen-bond acceptors (Lipinski definition) is 12. The molecule has 14 N–H and O–H groups in total. The second kappa shape index (κ2) is 23.6. The Hall–Kier alpha value is -6.09. The summed E-state index contributed by atoms with van der Waals surface area (Å²) in [4.78, 5) is 108. The molecule has 7 amide bonds. The summed E-state index contributed by atoms with van der Waals surface area (Å²) in [6.07, 6.45) is 4.37. The van der Waals surface area contributed by atoms with E-state index < -0.39 is 103 Å². The molecule has 2 rings (SSSR count). The van der Waals surface area contributed by atoms with Crippen molar-refractivity contribution in [2.75, 3.05) is 26.2 Å². The molecule has 56 heavy (non-hydrogen) atoms. The fourth-order valence-corrected chi connectivity index (χ4v) is 4.99. The molecule has 0 saturated heterocycles. The van der Waals surface area contributed by atoms with Gasteiger partial charge in [0.25, 0.3) is 0 Å². The average molecular weight is 788 g/mol. The highest BCUT2D eigenvalue weighted by Crippen LogP contribution is 2.12. The number of phenolic OH excluding ortho intramolecular Hbond substituents is 1. The number of nitrogens with one attached hydrogen (secondary N) is 8. The molecule has 0 spiro atoms. The van der Waals surface area contributed by atoms with Crippen LogP contribution in [0.5, 0.6) is 5.75 Å². The number of carboxylic acid groups (broad SMARTS) is 1. The van der Waals surface area contributed by atoms with E-state index in [2.05, 4.69) is 47.2 Å². The smallest absolute Gasteiger partial charge is 0.325 e. The predicted octanol–water partition coefficient (Wildman–Crippen LogP) is -3.59. The molecule has 0 bridgehead atoms. The number of aromatic nitrogens is 2. The number of aromatic amines is 1. The summed E-state index contributed by atoms with van der Waals surface area (Å²) in [5.74, 6) is -6.82. The van der Waals surface area contributed by atoms with E-state index in [9.17, 15) is 43.5 Å². The number of hydrogen-bond donors (Lipinski definition) is 12. The first-order valence-electron chi connectivity index (χ1n) is 18.0. The van der Waals surface area contributed by atoms with Crippen molar-refractivity contribution in [3.63, 3.8) is 0 Å². The molecule has 0 unspecified atom stereocenters. The van der Waals surface area contributed by atoms with E-state index in [1.54, 1.807) is 13.8 Å². The standard InChI is InChI=1S/C35H53N11O10/c1-19(2)30(34(54)43-20(3)35(55)56)46-29(50)17-40-27(48)15-39-28(49)16-41-32(52)25(12-21-7-9-23(47)10-8-21)45-33(53)26(13-22-14-38-18-42-22)44-31(51)24(37)6-4-5-11-36/h7-10,14,18-20,24-26,30,47H,4-6,11-13,15-17,36-37H2,1-3H3,(H,38,42)(H,39,49)(H,40,48)(H,41,52)(H,43,54)(H,44,51)(H,45,53)(H,46,50)(H,55,56)/t20-,24-,25-,26-,30-/m0/s1. The number of rotatable bonds is 24. The van der Waals surface area contributed by atoms with Gasteiger partial charge in [-0.1, -0.05) is 32.4 Å². The minimum atomic E-state index is -1.27. The van der Waals surface area contributed by atoms with Crippen LogP contribution in [0.15, 0.2) is 36.8 Å². The topological polar surface area (TPSA) is 342 Å². The van der Waals surface area contributed by atoms with Gasteiger partial charge in [-0.15, -0.1) is 0 Å². The minimum Gasteiger partial charge on any atom is -0.508 e. The number of carbonyl (C=O) groups excluding carboxylic acids is 7. The van der Waals surface area contributed by atoms with Crippen LogP contribution >= 0.6 is 0 Å². The molecule has 0 aliphatic carbocycles. The number of nitrogens with two attached hydrogens (primary N) is 2. The molecule has 0 aliphatic rings. The maximum Gasteiger partial charge on any atom is 0.325 e. The van der Waals surface area contributed by atoms with Crippen molar-refractivity contribution in [3.8, 4) is 5.75 Å². The summed E-state index contributed by atoms with van der Waals surface area (Å²) in [7, 11) is 0. The third-order valence-corrected chi connectivity index (χ3v) is 8.24. The summed E-state index contributed by atoms with van der Waals surface area (Å²) in [6.45, 7) is 3.22. The Morgan fingerprint density at radius 2 is 1.32 bits per heavy atom. The van der Waals surface area contributed by atoms with E-state index in [4.69, 9.17) is 16.6 Å². The van der Waals surface area contributed by atoms with Crippen molar-refractivity contribution >= 4 is 47.3 Å². The number of amides is 7. The quantitative estimate of drug-likeness (QED) is 0.0459. The Labute approximate surface area is 323 Å². The molecule has 0 aliphatic heterocycles. The van der Waals surface area contributed by atoms with Crippen LogP contribution < -0.4 is 48.7 Å². The Morgan fingerprint density at radius 3 is 1.89 bits per heavy atom. The lowest BCUT2D eigenvalue weighted by molar-refractivity contribution is -0.142. The zero-order valence-electron chi connectivity index (χ0n) is 31.6. The van der Waals surface area contributed by atoms with E-state index in [1.165, 1.54) is 43.7 Å². The van der Waals surface area contributed by atoms with Crippen molar-refractivity contribution in [2.45, 2.75) is 83.1 Å². The highest BCUT2D eigenvalue weighted by molar-refractivity contribution is 5.95. The Balaban J connectivity index is 2.01. The molecular formula is C35H53N11O10. The van der Waals surface area contributed by atoms with Crippen molar-refractivity contribution < 1.29 is 48.6 Å². The summed E-state index contributed by atoms with van der Waals surface area (Å²) in [6, 6.07) is 0.213. The van der Waals surface area contributed by atoms with Gasteiger partial charge in [0.1, 0.15) is 29.9 Å². The van der Waals surface area contributed by atoms with Gasteiger partial charge >= 0.3 is 5.97 Å². The molecule has 1 heterocycles. The summed E-state index contributed by atoms with van der Waals surface area (Å²) < 4.78 is 0. The number of aromatic hydroxyl groups is 1. The number of carbonyl (C=O) groups is 8. The SMILES string of the molecule is CC(C)[C@H](NC(=O)CNC(=O)CNC(=O)CNC(=O)[C@H](Cc1ccc(O)cc1)NC(=O)[C@H](Cc1cnc[nH]1)NC(=O)[C@@H](N)CCCCN)C(=O)N[C@@H](C)C(=O)O. The number of carboxylic acids is 1. The van der Waals surface area contributed by atoms with Crippen LogP contribution in [-0.2, 0) is 51.2 Å². The highest BCUT2D eigenvalue weighted by Gasteiger charge is 2.30. The Morgan fingerprint density at radius 1 is 0.732 bits per heavy atom. The van der Waals surface area contributed by atoms with E-state index in [-0.39, 0.29) is 18.6 Å². The van der Waals surface area contributed by atoms with Crippen LogP contribution in [0.25, 0.3) is 0 Å². The lowest BCUT2D eigenvalue weighted by Crippen LogP contribution is -2.57. The second-order valence-electron chi connectivity index (χ2n) is 13.3.